The lowest BCUT2D eigenvalue weighted by Gasteiger charge is -1.99. The second kappa shape index (κ2) is 1.66. The molecule has 2 N–H and O–H groups in total. The molecule has 7 heavy (non-hydrogen) atoms. The van der Waals surface area contributed by atoms with E-state index in [0.29, 0.717) is 6.04 Å². The first kappa shape index (κ1) is 4.85. The molecular formula is C6H11N. The van der Waals surface area contributed by atoms with E-state index in [4.69, 9.17) is 5.73 Å². The highest BCUT2D eigenvalue weighted by Gasteiger charge is 2.11. The van der Waals surface area contributed by atoms with Crippen LogP contribution in [0.25, 0.3) is 0 Å². The van der Waals surface area contributed by atoms with Crippen molar-refractivity contribution >= 4 is 0 Å². The molecule has 0 aromatic heterocycles. The molecule has 1 unspecified atom stereocenters. The minimum atomic E-state index is 0.375. The average Bonchev–Trinajstić information content (AvgIpc) is 2.17. The first-order chi connectivity index (χ1) is 3.29. The predicted octanol–water partition coefficient (Wildman–Crippen LogP) is 0.910. The Kier molecular flexibility index (Phi) is 1.15. The Labute approximate surface area is 44.2 Å². The Morgan fingerprint density at radius 2 is 2.29 bits per heavy atom. The van der Waals surface area contributed by atoms with Crippen LogP contribution in [-0.4, -0.2) is 6.04 Å². The second-order valence-corrected chi connectivity index (χ2v) is 2.26. The lowest BCUT2D eigenvalue weighted by Crippen LogP contribution is -2.15. The van der Waals surface area contributed by atoms with Crippen LogP contribution in [0.2, 0.25) is 0 Å². The van der Waals surface area contributed by atoms with Crippen LogP contribution in [0.5, 0.6) is 0 Å². The molecule has 0 radical (unpaired) electrons. The largest absolute Gasteiger partial charge is 0.328 e. The molecule has 1 heteroatoms. The summed E-state index contributed by atoms with van der Waals surface area (Å²) in [5, 5.41) is 0. The van der Waals surface area contributed by atoms with Crippen molar-refractivity contribution in [2.45, 2.75) is 19.4 Å². The van der Waals surface area contributed by atoms with E-state index in [0.717, 1.165) is 12.3 Å². The summed E-state index contributed by atoms with van der Waals surface area (Å²) in [7, 11) is 0. The van der Waals surface area contributed by atoms with Crippen molar-refractivity contribution in [1.29, 1.82) is 0 Å². The van der Waals surface area contributed by atoms with Crippen molar-refractivity contribution < 1.29 is 0 Å². The third-order valence-corrected chi connectivity index (χ3v) is 1.11. The minimum Gasteiger partial charge on any atom is -0.328 e. The molecule has 1 atom stereocenters. The van der Waals surface area contributed by atoms with Gasteiger partial charge in [0.05, 0.1) is 0 Å². The molecule has 0 aromatic rings. The van der Waals surface area contributed by atoms with Gasteiger partial charge in [0.1, 0.15) is 0 Å². The Bertz CT molecular complexity index is 78.2. The minimum absolute atomic E-state index is 0.375. The van der Waals surface area contributed by atoms with Gasteiger partial charge in [0, 0.05) is 6.04 Å². The molecule has 1 nitrogen and oxygen atoms in total. The topological polar surface area (TPSA) is 26.0 Å². The summed E-state index contributed by atoms with van der Waals surface area (Å²) in [5.74, 6) is 0.750. The molecule has 0 saturated carbocycles. The molecular weight excluding hydrogens is 86.1 g/mol. The van der Waals surface area contributed by atoms with E-state index in [1.807, 2.05) is 6.92 Å². The van der Waals surface area contributed by atoms with Crippen LogP contribution in [0.4, 0.5) is 0 Å². The van der Waals surface area contributed by atoms with Gasteiger partial charge in [-0.2, -0.15) is 0 Å². The zero-order chi connectivity index (χ0) is 5.28. The van der Waals surface area contributed by atoms with E-state index in [-0.39, 0.29) is 0 Å². The molecule has 40 valence electrons. The van der Waals surface area contributed by atoms with E-state index < -0.39 is 0 Å². The predicted molar refractivity (Wildman–Crippen MR) is 30.9 cm³/mol. The van der Waals surface area contributed by atoms with Gasteiger partial charge in [-0.25, -0.2) is 0 Å². The molecule has 0 heterocycles. The van der Waals surface area contributed by atoms with Gasteiger partial charge in [-0.3, -0.25) is 0 Å². The van der Waals surface area contributed by atoms with Crippen molar-refractivity contribution in [2.24, 2.45) is 11.7 Å². The van der Waals surface area contributed by atoms with Crippen LogP contribution < -0.4 is 5.73 Å². The number of nitrogens with two attached hydrogens (primary N) is 1. The van der Waals surface area contributed by atoms with Gasteiger partial charge in [0.15, 0.2) is 0 Å². The fourth-order valence-electron chi connectivity index (χ4n) is 0.665. The molecule has 0 amide bonds. The van der Waals surface area contributed by atoms with Crippen LogP contribution in [-0.2, 0) is 0 Å². The van der Waals surface area contributed by atoms with Gasteiger partial charge >= 0.3 is 0 Å². The van der Waals surface area contributed by atoms with Gasteiger partial charge in [-0.15, -0.1) is 0 Å². The van der Waals surface area contributed by atoms with Crippen molar-refractivity contribution in [1.82, 2.24) is 0 Å². The third kappa shape index (κ3) is 1.74. The highest BCUT2D eigenvalue weighted by atomic mass is 14.6. The summed E-state index contributed by atoms with van der Waals surface area (Å²) < 4.78 is 0. The van der Waals surface area contributed by atoms with Crippen molar-refractivity contribution in [3.63, 3.8) is 0 Å². The Balaban J connectivity index is 1.99. The summed E-state index contributed by atoms with van der Waals surface area (Å²) in [6.45, 7) is 2.04. The first-order valence-corrected chi connectivity index (χ1v) is 2.73. The SMILES string of the molecule is CC(N)CC1C=C1. The molecule has 0 saturated heterocycles. The van der Waals surface area contributed by atoms with Gasteiger partial charge in [-0.1, -0.05) is 12.2 Å². The summed E-state index contributed by atoms with van der Waals surface area (Å²) in [6, 6.07) is 0.375. The molecule has 0 aromatic carbocycles. The Hall–Kier alpha value is -0.300. The molecule has 1 aliphatic carbocycles. The van der Waals surface area contributed by atoms with Gasteiger partial charge in [0.25, 0.3) is 0 Å². The van der Waals surface area contributed by atoms with Crippen molar-refractivity contribution in [2.75, 3.05) is 0 Å². The first-order valence-electron chi connectivity index (χ1n) is 2.73. The summed E-state index contributed by atoms with van der Waals surface area (Å²) >= 11 is 0. The Morgan fingerprint density at radius 1 is 1.71 bits per heavy atom. The normalized spacial score (nSPS) is 22.6. The average molecular weight is 97.2 g/mol. The Morgan fingerprint density at radius 3 is 2.43 bits per heavy atom. The van der Waals surface area contributed by atoms with Gasteiger partial charge in [0.2, 0.25) is 0 Å². The van der Waals surface area contributed by atoms with E-state index in [1.54, 1.807) is 0 Å². The highest BCUT2D eigenvalue weighted by molar-refractivity contribution is 5.13. The monoisotopic (exact) mass is 97.1 g/mol. The number of hydrogen-bond donors (Lipinski definition) is 1. The summed E-state index contributed by atoms with van der Waals surface area (Å²) in [6.07, 6.45) is 5.51. The standard InChI is InChI=1S/C6H11N/c1-5(7)4-6-2-3-6/h2-3,5-6H,4,7H2,1H3. The molecule has 1 rings (SSSR count). The van der Waals surface area contributed by atoms with Crippen LogP contribution >= 0.6 is 0 Å². The zero-order valence-corrected chi connectivity index (χ0v) is 4.59. The summed E-state index contributed by atoms with van der Waals surface area (Å²) in [4.78, 5) is 0. The lowest BCUT2D eigenvalue weighted by molar-refractivity contribution is 0.637. The third-order valence-electron chi connectivity index (χ3n) is 1.11. The van der Waals surface area contributed by atoms with E-state index in [9.17, 15) is 0 Å². The molecule has 1 aliphatic rings. The molecule has 0 aliphatic heterocycles. The lowest BCUT2D eigenvalue weighted by atomic mass is 10.2. The van der Waals surface area contributed by atoms with E-state index >= 15 is 0 Å². The number of hydrogen-bond acceptors (Lipinski definition) is 1. The van der Waals surface area contributed by atoms with Gasteiger partial charge < -0.3 is 5.73 Å². The maximum absolute atomic E-state index is 5.49. The zero-order valence-electron chi connectivity index (χ0n) is 4.59. The smallest absolute Gasteiger partial charge is 0.00190 e. The maximum atomic E-state index is 5.49. The highest BCUT2D eigenvalue weighted by Crippen LogP contribution is 2.20. The van der Waals surface area contributed by atoms with Crippen LogP contribution in [0.1, 0.15) is 13.3 Å². The fourth-order valence-corrected chi connectivity index (χ4v) is 0.665. The molecule has 0 fully saturated rings. The van der Waals surface area contributed by atoms with Crippen LogP contribution in [0.15, 0.2) is 12.2 Å². The van der Waals surface area contributed by atoms with Crippen molar-refractivity contribution in [3.05, 3.63) is 12.2 Å². The number of rotatable bonds is 2. The van der Waals surface area contributed by atoms with Crippen LogP contribution in [0.3, 0.4) is 0 Å². The van der Waals surface area contributed by atoms with Crippen molar-refractivity contribution in [3.8, 4) is 0 Å². The maximum Gasteiger partial charge on any atom is 0.00190 e. The fraction of sp³-hybridized carbons (Fsp3) is 0.667. The van der Waals surface area contributed by atoms with E-state index in [1.165, 1.54) is 0 Å². The second-order valence-electron chi connectivity index (χ2n) is 2.26. The molecule has 0 spiro atoms. The molecule has 0 bridgehead atoms. The summed E-state index contributed by atoms with van der Waals surface area (Å²) in [5.41, 5.74) is 5.49. The quantitative estimate of drug-likeness (QED) is 0.509. The van der Waals surface area contributed by atoms with Crippen LogP contribution in [0, 0.1) is 5.92 Å². The van der Waals surface area contributed by atoms with Gasteiger partial charge in [-0.05, 0) is 19.3 Å². The number of allylic oxidation sites excluding steroid dienone is 2. The van der Waals surface area contributed by atoms with E-state index in [2.05, 4.69) is 12.2 Å².